The van der Waals surface area contributed by atoms with Crippen LogP contribution in [0.4, 0.5) is 8.78 Å². The highest BCUT2D eigenvalue weighted by molar-refractivity contribution is 5.86. The zero-order valence-electron chi connectivity index (χ0n) is 8.92. The van der Waals surface area contributed by atoms with Gasteiger partial charge in [-0.2, -0.15) is 8.78 Å². The first-order chi connectivity index (χ1) is 6.93. The summed E-state index contributed by atoms with van der Waals surface area (Å²) in [6.07, 6.45) is -2.55. The average molecular weight is 223 g/mol. The number of hydrogen-bond donors (Lipinski definition) is 1. The highest BCUT2D eigenvalue weighted by Crippen LogP contribution is 2.09. The van der Waals surface area contributed by atoms with Crippen LogP contribution in [0.2, 0.25) is 0 Å². The van der Waals surface area contributed by atoms with Crippen molar-refractivity contribution in [3.63, 3.8) is 0 Å². The van der Waals surface area contributed by atoms with E-state index >= 15 is 0 Å². The van der Waals surface area contributed by atoms with Crippen molar-refractivity contribution in [2.45, 2.75) is 32.7 Å². The maximum Gasteiger partial charge on any atom is 0.328 e. The first kappa shape index (κ1) is 13.8. The molecule has 0 saturated heterocycles. The molecule has 0 aromatic heterocycles. The third-order valence-electron chi connectivity index (χ3n) is 2.16. The minimum absolute atomic E-state index is 0.250. The Hall–Kier alpha value is -1.20. The lowest BCUT2D eigenvalue weighted by molar-refractivity contribution is -0.148. The molecule has 1 N–H and O–H groups in total. The molecule has 0 radical (unpaired) electrons. The Morgan fingerprint density at radius 1 is 1.40 bits per heavy atom. The topological polar surface area (TPSA) is 55.4 Å². The fourth-order valence-corrected chi connectivity index (χ4v) is 1.01. The fraction of sp³-hybridized carbons (Fsp3) is 0.778. The van der Waals surface area contributed by atoms with Crippen LogP contribution in [-0.4, -0.2) is 31.5 Å². The smallest absolute Gasteiger partial charge is 0.328 e. The molecule has 0 fully saturated rings. The second-order valence-electron chi connectivity index (χ2n) is 3.20. The maximum absolute atomic E-state index is 12.0. The molecule has 0 aromatic carbocycles. The molecule has 2 atom stereocenters. The van der Waals surface area contributed by atoms with E-state index in [1.54, 1.807) is 13.8 Å². The average Bonchev–Trinajstić information content (AvgIpc) is 2.23. The van der Waals surface area contributed by atoms with Crippen molar-refractivity contribution in [1.82, 2.24) is 5.32 Å². The van der Waals surface area contributed by atoms with Crippen molar-refractivity contribution in [3.8, 4) is 0 Å². The van der Waals surface area contributed by atoms with Gasteiger partial charge in [0.25, 0.3) is 5.91 Å². The molecule has 4 nitrogen and oxygen atoms in total. The predicted molar refractivity (Wildman–Crippen MR) is 49.4 cm³/mol. The van der Waals surface area contributed by atoms with Gasteiger partial charge in [-0.25, -0.2) is 4.79 Å². The summed E-state index contributed by atoms with van der Waals surface area (Å²) in [5.41, 5.74) is 0. The second-order valence-corrected chi connectivity index (χ2v) is 3.20. The molecule has 0 aliphatic rings. The van der Waals surface area contributed by atoms with Crippen molar-refractivity contribution in [2.75, 3.05) is 7.11 Å². The lowest BCUT2D eigenvalue weighted by Gasteiger charge is -2.21. The molecule has 88 valence electrons. The summed E-state index contributed by atoms with van der Waals surface area (Å²) < 4.78 is 28.3. The number of esters is 1. The molecule has 0 saturated carbocycles. The van der Waals surface area contributed by atoms with Crippen LogP contribution in [0.15, 0.2) is 0 Å². The van der Waals surface area contributed by atoms with Gasteiger partial charge in [-0.1, -0.05) is 20.3 Å². The minimum Gasteiger partial charge on any atom is -0.467 e. The molecule has 0 aromatic rings. The van der Waals surface area contributed by atoms with Crippen LogP contribution in [0, 0.1) is 5.92 Å². The van der Waals surface area contributed by atoms with Crippen molar-refractivity contribution in [1.29, 1.82) is 0 Å². The van der Waals surface area contributed by atoms with Gasteiger partial charge in [0, 0.05) is 0 Å². The Bertz CT molecular complexity index is 233. The second kappa shape index (κ2) is 6.31. The Labute approximate surface area is 87.0 Å². The fourth-order valence-electron chi connectivity index (χ4n) is 1.01. The molecule has 0 spiro atoms. The van der Waals surface area contributed by atoms with Crippen LogP contribution in [-0.2, 0) is 14.3 Å². The van der Waals surface area contributed by atoms with E-state index in [-0.39, 0.29) is 5.92 Å². The van der Waals surface area contributed by atoms with Gasteiger partial charge in [0.2, 0.25) is 0 Å². The zero-order valence-corrected chi connectivity index (χ0v) is 8.92. The summed E-state index contributed by atoms with van der Waals surface area (Å²) in [5.74, 6) is -2.41. The number of alkyl halides is 2. The number of halogens is 2. The normalized spacial score (nSPS) is 14.5. The molecular weight excluding hydrogens is 208 g/mol. The van der Waals surface area contributed by atoms with E-state index in [9.17, 15) is 18.4 Å². The van der Waals surface area contributed by atoms with Gasteiger partial charge in [-0.15, -0.1) is 0 Å². The number of methoxy groups -OCH3 is 1. The van der Waals surface area contributed by atoms with E-state index < -0.39 is 24.3 Å². The summed E-state index contributed by atoms with van der Waals surface area (Å²) in [6, 6.07) is -1.01. The van der Waals surface area contributed by atoms with Gasteiger partial charge in [-0.05, 0) is 5.92 Å². The van der Waals surface area contributed by atoms with Crippen LogP contribution in [0.25, 0.3) is 0 Å². The van der Waals surface area contributed by atoms with Crippen LogP contribution in [0.5, 0.6) is 0 Å². The van der Waals surface area contributed by atoms with Gasteiger partial charge in [0.05, 0.1) is 7.11 Å². The van der Waals surface area contributed by atoms with Gasteiger partial charge >= 0.3 is 12.4 Å². The third-order valence-corrected chi connectivity index (χ3v) is 2.16. The van der Waals surface area contributed by atoms with E-state index in [4.69, 9.17) is 0 Å². The lowest BCUT2D eigenvalue weighted by Crippen LogP contribution is -2.47. The van der Waals surface area contributed by atoms with Crippen LogP contribution in [0.3, 0.4) is 0 Å². The largest absolute Gasteiger partial charge is 0.467 e. The molecule has 15 heavy (non-hydrogen) atoms. The SMILES string of the molecule is CCC(C)C(NC(=O)C(F)F)C(=O)OC. The van der Waals surface area contributed by atoms with Crippen molar-refractivity contribution in [3.05, 3.63) is 0 Å². The summed E-state index contributed by atoms with van der Waals surface area (Å²) in [6.45, 7) is 3.46. The number of hydrogen-bond acceptors (Lipinski definition) is 3. The van der Waals surface area contributed by atoms with Crippen LogP contribution >= 0.6 is 0 Å². The van der Waals surface area contributed by atoms with Gasteiger partial charge < -0.3 is 10.1 Å². The van der Waals surface area contributed by atoms with Gasteiger partial charge in [-0.3, -0.25) is 4.79 Å². The molecule has 0 bridgehead atoms. The van der Waals surface area contributed by atoms with Gasteiger partial charge in [0.15, 0.2) is 0 Å². The Morgan fingerprint density at radius 2 is 1.93 bits per heavy atom. The number of carbonyl (C=O) groups is 2. The maximum atomic E-state index is 12.0. The van der Waals surface area contributed by atoms with E-state index in [0.29, 0.717) is 6.42 Å². The number of carbonyl (C=O) groups excluding carboxylic acids is 2. The predicted octanol–water partition coefficient (Wildman–Crippen LogP) is 0.955. The Morgan fingerprint density at radius 3 is 2.27 bits per heavy atom. The summed E-state index contributed by atoms with van der Waals surface area (Å²) in [7, 11) is 1.15. The lowest BCUT2D eigenvalue weighted by atomic mass is 9.99. The molecule has 1 amide bonds. The molecule has 0 aliphatic carbocycles. The summed E-state index contributed by atoms with van der Waals surface area (Å²) in [5, 5.41) is 1.95. The van der Waals surface area contributed by atoms with Crippen molar-refractivity contribution in [2.24, 2.45) is 5.92 Å². The summed E-state index contributed by atoms with van der Waals surface area (Å²) >= 11 is 0. The summed E-state index contributed by atoms with van der Waals surface area (Å²) in [4.78, 5) is 21.9. The van der Waals surface area contributed by atoms with E-state index in [1.165, 1.54) is 0 Å². The highest BCUT2D eigenvalue weighted by Gasteiger charge is 2.29. The molecule has 0 aliphatic heterocycles. The first-order valence-corrected chi connectivity index (χ1v) is 4.60. The molecule has 2 unspecified atom stereocenters. The number of rotatable bonds is 5. The molecular formula is C9H15F2NO3. The zero-order chi connectivity index (χ0) is 12.0. The molecule has 6 heteroatoms. The first-order valence-electron chi connectivity index (χ1n) is 4.60. The van der Waals surface area contributed by atoms with E-state index in [0.717, 1.165) is 7.11 Å². The third kappa shape index (κ3) is 4.22. The van der Waals surface area contributed by atoms with Crippen LogP contribution < -0.4 is 5.32 Å². The molecule has 0 heterocycles. The van der Waals surface area contributed by atoms with Crippen molar-refractivity contribution >= 4 is 11.9 Å². The van der Waals surface area contributed by atoms with Gasteiger partial charge in [0.1, 0.15) is 6.04 Å². The van der Waals surface area contributed by atoms with Crippen LogP contribution in [0.1, 0.15) is 20.3 Å². The number of amides is 1. The van der Waals surface area contributed by atoms with E-state index in [2.05, 4.69) is 4.74 Å². The highest BCUT2D eigenvalue weighted by atomic mass is 19.3. The number of ether oxygens (including phenoxy) is 1. The molecule has 0 rings (SSSR count). The van der Waals surface area contributed by atoms with Crippen molar-refractivity contribution < 1.29 is 23.1 Å². The Balaban J connectivity index is 4.51. The minimum atomic E-state index is -3.12. The number of nitrogens with one attached hydrogen (secondary N) is 1. The van der Waals surface area contributed by atoms with E-state index in [1.807, 2.05) is 5.32 Å². The Kier molecular flexibility index (Phi) is 5.81. The quantitative estimate of drug-likeness (QED) is 0.706. The monoisotopic (exact) mass is 223 g/mol. The standard InChI is InChI=1S/C9H15F2NO3/c1-4-5(2)6(9(14)15-3)12-8(13)7(10)11/h5-7H,4H2,1-3H3,(H,12,13).